The standard InChI is InChI=1S/C9H8ClN5O/c10-5-3-1-2-4-6(5)16-9-14-7(11)13-8(12)15-9/h1-4H,(H4,11,12,13,14,15). The zero-order valence-corrected chi connectivity index (χ0v) is 8.85. The van der Waals surface area contributed by atoms with Gasteiger partial charge in [-0.15, -0.1) is 0 Å². The molecule has 0 aliphatic heterocycles. The van der Waals surface area contributed by atoms with Crippen molar-refractivity contribution in [3.05, 3.63) is 29.3 Å². The number of hydrogen-bond acceptors (Lipinski definition) is 6. The van der Waals surface area contributed by atoms with Crippen molar-refractivity contribution < 1.29 is 4.74 Å². The van der Waals surface area contributed by atoms with E-state index in [9.17, 15) is 0 Å². The number of para-hydroxylation sites is 1. The lowest BCUT2D eigenvalue weighted by molar-refractivity contribution is 0.442. The fourth-order valence-corrected chi connectivity index (χ4v) is 1.23. The van der Waals surface area contributed by atoms with Crippen LogP contribution in [0.25, 0.3) is 0 Å². The second kappa shape index (κ2) is 4.19. The van der Waals surface area contributed by atoms with E-state index in [1.54, 1.807) is 24.3 Å². The van der Waals surface area contributed by atoms with Gasteiger partial charge in [0, 0.05) is 0 Å². The third-order valence-corrected chi connectivity index (χ3v) is 2.00. The van der Waals surface area contributed by atoms with Gasteiger partial charge in [-0.05, 0) is 12.1 Å². The van der Waals surface area contributed by atoms with Crippen molar-refractivity contribution in [3.8, 4) is 11.8 Å². The first-order chi connectivity index (χ1) is 7.65. The third-order valence-electron chi connectivity index (χ3n) is 1.69. The number of nitrogen functional groups attached to an aromatic ring is 2. The van der Waals surface area contributed by atoms with Gasteiger partial charge in [0.2, 0.25) is 11.9 Å². The van der Waals surface area contributed by atoms with Crippen molar-refractivity contribution in [2.24, 2.45) is 0 Å². The van der Waals surface area contributed by atoms with Gasteiger partial charge in [-0.2, -0.15) is 15.0 Å². The molecule has 0 spiro atoms. The quantitative estimate of drug-likeness (QED) is 0.821. The van der Waals surface area contributed by atoms with E-state index >= 15 is 0 Å². The van der Waals surface area contributed by atoms with Gasteiger partial charge in [-0.25, -0.2) is 0 Å². The predicted octanol–water partition coefficient (Wildman–Crippen LogP) is 1.48. The maximum Gasteiger partial charge on any atom is 0.328 e. The van der Waals surface area contributed by atoms with E-state index < -0.39 is 0 Å². The number of aromatic nitrogens is 3. The van der Waals surface area contributed by atoms with Crippen LogP contribution in [0.1, 0.15) is 0 Å². The lowest BCUT2D eigenvalue weighted by Crippen LogP contribution is -2.04. The molecule has 0 saturated carbocycles. The molecule has 1 aromatic heterocycles. The summed E-state index contributed by atoms with van der Waals surface area (Å²) >= 11 is 5.90. The van der Waals surface area contributed by atoms with Crippen LogP contribution >= 0.6 is 11.6 Å². The summed E-state index contributed by atoms with van der Waals surface area (Å²) in [4.78, 5) is 11.1. The highest BCUT2D eigenvalue weighted by atomic mass is 35.5. The molecular weight excluding hydrogens is 230 g/mol. The molecule has 0 atom stereocenters. The Morgan fingerprint density at radius 1 is 1.00 bits per heavy atom. The van der Waals surface area contributed by atoms with Gasteiger partial charge in [-0.3, -0.25) is 0 Å². The summed E-state index contributed by atoms with van der Waals surface area (Å²) in [6.45, 7) is 0. The van der Waals surface area contributed by atoms with Crippen molar-refractivity contribution in [1.82, 2.24) is 15.0 Å². The highest BCUT2D eigenvalue weighted by molar-refractivity contribution is 6.32. The molecule has 16 heavy (non-hydrogen) atoms. The van der Waals surface area contributed by atoms with Crippen LogP contribution in [0.5, 0.6) is 11.8 Å². The van der Waals surface area contributed by atoms with Crippen LogP contribution in [0.4, 0.5) is 11.9 Å². The molecule has 4 N–H and O–H groups in total. The first-order valence-corrected chi connectivity index (χ1v) is 4.72. The topological polar surface area (TPSA) is 99.9 Å². The van der Waals surface area contributed by atoms with Gasteiger partial charge < -0.3 is 16.2 Å². The molecule has 0 saturated heterocycles. The zero-order valence-electron chi connectivity index (χ0n) is 8.09. The van der Waals surface area contributed by atoms with Crippen LogP contribution in [0.3, 0.4) is 0 Å². The maximum atomic E-state index is 5.90. The molecule has 1 heterocycles. The Kier molecular flexibility index (Phi) is 2.74. The Balaban J connectivity index is 2.30. The molecule has 0 fully saturated rings. The van der Waals surface area contributed by atoms with Gasteiger partial charge in [0.15, 0.2) is 0 Å². The summed E-state index contributed by atoms with van der Waals surface area (Å²) in [6, 6.07) is 6.93. The molecule has 0 aliphatic carbocycles. The first kappa shape index (κ1) is 10.4. The predicted molar refractivity (Wildman–Crippen MR) is 60.2 cm³/mol. The zero-order chi connectivity index (χ0) is 11.5. The highest BCUT2D eigenvalue weighted by Gasteiger charge is 2.06. The van der Waals surface area contributed by atoms with Crippen molar-refractivity contribution in [1.29, 1.82) is 0 Å². The van der Waals surface area contributed by atoms with Gasteiger partial charge in [0.25, 0.3) is 0 Å². The minimum absolute atomic E-state index is 0.00504. The number of nitrogens with two attached hydrogens (primary N) is 2. The smallest absolute Gasteiger partial charge is 0.328 e. The number of hydrogen-bond donors (Lipinski definition) is 2. The van der Waals surface area contributed by atoms with Gasteiger partial charge in [0.1, 0.15) is 5.75 Å². The number of halogens is 1. The molecule has 0 amide bonds. The van der Waals surface area contributed by atoms with E-state index in [2.05, 4.69) is 15.0 Å². The van der Waals surface area contributed by atoms with Crippen LogP contribution in [0.15, 0.2) is 24.3 Å². The minimum Gasteiger partial charge on any atom is -0.423 e. The lowest BCUT2D eigenvalue weighted by Gasteiger charge is -2.05. The molecule has 0 radical (unpaired) electrons. The summed E-state index contributed by atoms with van der Waals surface area (Å²) in [5.74, 6) is 0.415. The van der Waals surface area contributed by atoms with E-state index in [0.29, 0.717) is 10.8 Å². The fraction of sp³-hybridized carbons (Fsp3) is 0. The average Bonchev–Trinajstić information content (AvgIpc) is 2.20. The molecule has 0 aliphatic rings. The van der Waals surface area contributed by atoms with Crippen molar-refractivity contribution >= 4 is 23.5 Å². The van der Waals surface area contributed by atoms with Crippen LogP contribution in [0, 0.1) is 0 Å². The number of rotatable bonds is 2. The normalized spacial score (nSPS) is 10.1. The maximum absolute atomic E-state index is 5.90. The van der Waals surface area contributed by atoms with Gasteiger partial charge in [-0.1, -0.05) is 23.7 Å². The molecule has 0 bridgehead atoms. The second-order valence-electron chi connectivity index (χ2n) is 2.87. The van der Waals surface area contributed by atoms with Gasteiger partial charge in [0.05, 0.1) is 5.02 Å². The van der Waals surface area contributed by atoms with E-state index in [1.165, 1.54) is 0 Å². The molecular formula is C9H8ClN5O. The average molecular weight is 238 g/mol. The Labute approximate surface area is 96.2 Å². The third kappa shape index (κ3) is 2.29. The summed E-state index contributed by atoms with van der Waals surface area (Å²) in [5.41, 5.74) is 10.8. The Hall–Kier alpha value is -2.08. The number of nitrogens with zero attached hydrogens (tertiary/aromatic N) is 3. The molecule has 1 aromatic carbocycles. The Morgan fingerprint density at radius 2 is 1.62 bits per heavy atom. The molecule has 2 rings (SSSR count). The van der Waals surface area contributed by atoms with Crippen molar-refractivity contribution in [2.45, 2.75) is 0 Å². The number of benzene rings is 1. The highest BCUT2D eigenvalue weighted by Crippen LogP contribution is 2.27. The van der Waals surface area contributed by atoms with Crippen molar-refractivity contribution in [3.63, 3.8) is 0 Å². The monoisotopic (exact) mass is 237 g/mol. The molecule has 2 aromatic rings. The Morgan fingerprint density at radius 3 is 2.25 bits per heavy atom. The van der Waals surface area contributed by atoms with Crippen LogP contribution in [-0.2, 0) is 0 Å². The molecule has 7 heteroatoms. The van der Waals surface area contributed by atoms with E-state index in [-0.39, 0.29) is 17.9 Å². The van der Waals surface area contributed by atoms with Crippen LogP contribution < -0.4 is 16.2 Å². The first-order valence-electron chi connectivity index (χ1n) is 4.34. The summed E-state index contributed by atoms with van der Waals surface area (Å²) in [5, 5.41) is 0.444. The molecule has 0 unspecified atom stereocenters. The fourth-order valence-electron chi connectivity index (χ4n) is 1.06. The van der Waals surface area contributed by atoms with E-state index in [4.69, 9.17) is 27.8 Å². The minimum atomic E-state index is -0.00504. The van der Waals surface area contributed by atoms with Crippen LogP contribution in [-0.4, -0.2) is 15.0 Å². The summed E-state index contributed by atoms with van der Waals surface area (Å²) < 4.78 is 5.32. The van der Waals surface area contributed by atoms with E-state index in [0.717, 1.165) is 0 Å². The van der Waals surface area contributed by atoms with Gasteiger partial charge >= 0.3 is 6.01 Å². The largest absolute Gasteiger partial charge is 0.423 e. The second-order valence-corrected chi connectivity index (χ2v) is 3.27. The van der Waals surface area contributed by atoms with Crippen molar-refractivity contribution in [2.75, 3.05) is 11.5 Å². The number of ether oxygens (including phenoxy) is 1. The molecule has 82 valence electrons. The molecule has 6 nitrogen and oxygen atoms in total. The summed E-state index contributed by atoms with van der Waals surface area (Å²) in [6.07, 6.45) is 0. The van der Waals surface area contributed by atoms with E-state index in [1.807, 2.05) is 0 Å². The number of anilines is 2. The van der Waals surface area contributed by atoms with Crippen LogP contribution in [0.2, 0.25) is 5.02 Å². The lowest BCUT2D eigenvalue weighted by atomic mass is 10.3. The Bertz CT molecular complexity index is 499. The SMILES string of the molecule is Nc1nc(N)nc(Oc2ccccc2Cl)n1. The summed E-state index contributed by atoms with van der Waals surface area (Å²) in [7, 11) is 0.